The molecule has 3 rings (SSSR count). The zero-order chi connectivity index (χ0) is 22.1. The number of nitrogens with zero attached hydrogens (tertiary/aromatic N) is 4. The number of aliphatic hydroxyl groups excluding tert-OH is 1. The van der Waals surface area contributed by atoms with E-state index in [9.17, 15) is 23.4 Å². The number of hydrogen-bond donors (Lipinski definition) is 3. The van der Waals surface area contributed by atoms with Crippen LogP contribution in [-0.2, 0) is 6.18 Å². The fourth-order valence-corrected chi connectivity index (χ4v) is 2.84. The van der Waals surface area contributed by atoms with Gasteiger partial charge in [0.05, 0.1) is 18.8 Å². The predicted molar refractivity (Wildman–Crippen MR) is 105 cm³/mol. The lowest BCUT2D eigenvalue weighted by Gasteiger charge is -2.28. The molecule has 0 aliphatic rings. The molecule has 0 radical (unpaired) electrons. The summed E-state index contributed by atoms with van der Waals surface area (Å²) in [4.78, 5) is 7.37. The normalized spacial score (nSPS) is 14.9. The van der Waals surface area contributed by atoms with Crippen LogP contribution in [0.15, 0.2) is 42.9 Å². The van der Waals surface area contributed by atoms with Crippen LogP contribution in [0.4, 0.5) is 24.8 Å². The van der Waals surface area contributed by atoms with Crippen molar-refractivity contribution >= 4 is 11.6 Å². The molecule has 0 aliphatic carbocycles. The molecule has 3 N–H and O–H groups in total. The maximum absolute atomic E-state index is 12.9. The summed E-state index contributed by atoms with van der Waals surface area (Å²) < 4.78 is 40.2. The molecule has 0 bridgehead atoms. The van der Waals surface area contributed by atoms with Gasteiger partial charge in [0.2, 0.25) is 5.95 Å². The molecule has 7 nitrogen and oxygen atoms in total. The van der Waals surface area contributed by atoms with Crippen LogP contribution in [0.3, 0.4) is 0 Å². The molecule has 0 amide bonds. The van der Waals surface area contributed by atoms with Gasteiger partial charge in [-0.15, -0.1) is 0 Å². The van der Waals surface area contributed by atoms with Crippen LogP contribution in [0.2, 0.25) is 0 Å². The summed E-state index contributed by atoms with van der Waals surface area (Å²) >= 11 is 0. The van der Waals surface area contributed by atoms with Gasteiger partial charge in [-0.1, -0.05) is 6.07 Å². The van der Waals surface area contributed by atoms with Crippen molar-refractivity contribution in [2.24, 2.45) is 0 Å². The molecule has 0 spiro atoms. The van der Waals surface area contributed by atoms with Crippen molar-refractivity contribution < 1.29 is 23.4 Å². The van der Waals surface area contributed by atoms with E-state index in [-0.39, 0.29) is 5.95 Å². The molecule has 0 unspecified atom stereocenters. The Morgan fingerprint density at radius 2 is 1.93 bits per heavy atom. The summed E-state index contributed by atoms with van der Waals surface area (Å²) in [5, 5.41) is 26.7. The summed E-state index contributed by atoms with van der Waals surface area (Å²) in [7, 11) is 0. The lowest BCUT2D eigenvalue weighted by Crippen LogP contribution is -2.38. The minimum absolute atomic E-state index is 0.162. The van der Waals surface area contributed by atoms with E-state index in [0.717, 1.165) is 29.0 Å². The molecule has 30 heavy (non-hydrogen) atoms. The highest BCUT2D eigenvalue weighted by atomic mass is 19.4. The van der Waals surface area contributed by atoms with Gasteiger partial charge in [-0.05, 0) is 50.1 Å². The predicted octanol–water partition coefficient (Wildman–Crippen LogP) is 3.72. The molecule has 0 saturated carbocycles. The number of halogens is 3. The topological polar surface area (TPSA) is 96.1 Å². The van der Waals surface area contributed by atoms with E-state index in [4.69, 9.17) is 0 Å². The lowest BCUT2D eigenvalue weighted by molar-refractivity contribution is -0.141. The van der Waals surface area contributed by atoms with Crippen LogP contribution in [0, 0.1) is 6.92 Å². The van der Waals surface area contributed by atoms with Gasteiger partial charge in [0.15, 0.2) is 0 Å². The summed E-state index contributed by atoms with van der Waals surface area (Å²) in [5.74, 6) is -0.162. The van der Waals surface area contributed by atoms with Gasteiger partial charge < -0.3 is 15.5 Å². The zero-order valence-corrected chi connectivity index (χ0v) is 16.6. The van der Waals surface area contributed by atoms with E-state index < -0.39 is 30.1 Å². The summed E-state index contributed by atoms with van der Waals surface area (Å²) in [6, 6.07) is 5.74. The van der Waals surface area contributed by atoms with Crippen molar-refractivity contribution in [2.45, 2.75) is 38.6 Å². The van der Waals surface area contributed by atoms with E-state index in [1.165, 1.54) is 6.92 Å². The maximum Gasteiger partial charge on any atom is 0.433 e. The van der Waals surface area contributed by atoms with E-state index in [1.54, 1.807) is 36.1 Å². The van der Waals surface area contributed by atoms with Crippen LogP contribution in [0.1, 0.15) is 31.1 Å². The third-order valence-electron chi connectivity index (χ3n) is 4.83. The average Bonchev–Trinajstić information content (AvgIpc) is 3.16. The first kappa shape index (κ1) is 21.7. The van der Waals surface area contributed by atoms with E-state index in [0.29, 0.717) is 5.69 Å². The minimum Gasteiger partial charge on any atom is -0.393 e. The molecule has 2 aromatic heterocycles. The highest BCUT2D eigenvalue weighted by Crippen LogP contribution is 2.30. The molecule has 2 atom stereocenters. The largest absolute Gasteiger partial charge is 0.433 e. The highest BCUT2D eigenvalue weighted by Gasteiger charge is 2.33. The minimum atomic E-state index is -4.56. The molecule has 0 fully saturated rings. The first-order valence-electron chi connectivity index (χ1n) is 9.16. The van der Waals surface area contributed by atoms with Crippen molar-refractivity contribution in [2.75, 3.05) is 11.9 Å². The van der Waals surface area contributed by atoms with Gasteiger partial charge >= 0.3 is 6.18 Å². The van der Waals surface area contributed by atoms with Crippen LogP contribution in [0.5, 0.6) is 0 Å². The van der Waals surface area contributed by atoms with E-state index in [1.807, 2.05) is 13.0 Å². The fourth-order valence-electron chi connectivity index (χ4n) is 2.84. The number of alkyl halides is 3. The van der Waals surface area contributed by atoms with E-state index in [2.05, 4.69) is 20.4 Å². The number of anilines is 2. The van der Waals surface area contributed by atoms with Gasteiger partial charge in [0, 0.05) is 23.6 Å². The Labute approximate surface area is 171 Å². The van der Waals surface area contributed by atoms with Crippen molar-refractivity contribution in [3.63, 3.8) is 0 Å². The second-order valence-electron chi connectivity index (χ2n) is 7.38. The van der Waals surface area contributed by atoms with Crippen LogP contribution >= 0.6 is 0 Å². The molecular weight excluding hydrogens is 399 g/mol. The van der Waals surface area contributed by atoms with Gasteiger partial charge in [0.25, 0.3) is 0 Å². The second-order valence-corrected chi connectivity index (χ2v) is 7.38. The molecule has 10 heteroatoms. The van der Waals surface area contributed by atoms with Gasteiger partial charge in [0.1, 0.15) is 11.3 Å². The Morgan fingerprint density at radius 1 is 1.20 bits per heavy atom. The third kappa shape index (κ3) is 4.77. The van der Waals surface area contributed by atoms with Crippen LogP contribution in [0.25, 0.3) is 11.1 Å². The number of benzene rings is 1. The number of nitrogens with one attached hydrogen (secondary N) is 1. The van der Waals surface area contributed by atoms with Gasteiger partial charge in [-0.2, -0.15) is 18.3 Å². The second kappa shape index (κ2) is 8.04. The Bertz CT molecular complexity index is 1030. The molecule has 2 heterocycles. The Hall–Kier alpha value is -2.98. The van der Waals surface area contributed by atoms with E-state index >= 15 is 0 Å². The van der Waals surface area contributed by atoms with Crippen molar-refractivity contribution in [1.82, 2.24) is 19.7 Å². The van der Waals surface area contributed by atoms with Gasteiger partial charge in [-0.25, -0.2) is 9.97 Å². The average molecular weight is 421 g/mol. The molecular formula is C20H22F3N5O2. The monoisotopic (exact) mass is 421 g/mol. The highest BCUT2D eigenvalue weighted by molar-refractivity contribution is 5.70. The Balaban J connectivity index is 1.88. The van der Waals surface area contributed by atoms with Crippen molar-refractivity contribution in [1.29, 1.82) is 0 Å². The quantitative estimate of drug-likeness (QED) is 0.562. The number of rotatable bonds is 6. The lowest BCUT2D eigenvalue weighted by atomic mass is 9.99. The molecule has 0 aliphatic heterocycles. The summed E-state index contributed by atoms with van der Waals surface area (Å²) in [5.41, 5.74) is 0.527. The Kier molecular flexibility index (Phi) is 5.82. The number of aryl methyl sites for hydroxylation is 1. The van der Waals surface area contributed by atoms with Crippen molar-refractivity contribution in [3.8, 4) is 11.1 Å². The molecule has 3 aromatic rings. The Morgan fingerprint density at radius 3 is 2.60 bits per heavy atom. The van der Waals surface area contributed by atoms with Gasteiger partial charge in [-0.3, -0.25) is 4.68 Å². The maximum atomic E-state index is 12.9. The molecule has 160 valence electrons. The first-order valence-corrected chi connectivity index (χ1v) is 9.16. The van der Waals surface area contributed by atoms with Crippen molar-refractivity contribution in [3.05, 3.63) is 54.1 Å². The molecule has 1 aromatic carbocycles. The number of hydrogen-bond acceptors (Lipinski definition) is 6. The smallest absolute Gasteiger partial charge is 0.393 e. The molecule has 0 saturated heterocycles. The SMILES string of the molecule is Cc1cc(Nc2nccc(C(F)(F)F)n2)cc(-c2cnn([C@@H](C)[C@](C)(O)CO)c2)c1. The van der Waals surface area contributed by atoms with Crippen LogP contribution < -0.4 is 5.32 Å². The van der Waals surface area contributed by atoms with Crippen LogP contribution in [-0.4, -0.2) is 42.2 Å². The number of aliphatic hydroxyl groups is 2. The first-order chi connectivity index (χ1) is 14.0. The zero-order valence-electron chi connectivity index (χ0n) is 16.6. The number of aromatic nitrogens is 4. The summed E-state index contributed by atoms with van der Waals surface area (Å²) in [6.45, 7) is 4.69. The standard InChI is InChI=1S/C20H22F3N5O2/c1-12-6-14(15-9-25-28(10-15)13(2)19(3,30)11-29)8-16(7-12)26-18-24-5-4-17(27-18)20(21,22)23/h4-10,13,29-30H,11H2,1-3H3,(H,24,26,27)/t13-,19+/m0/s1. The fraction of sp³-hybridized carbons (Fsp3) is 0.350. The third-order valence-corrected chi connectivity index (χ3v) is 4.83. The summed E-state index contributed by atoms with van der Waals surface area (Å²) in [6.07, 6.45) is -0.164.